The van der Waals surface area contributed by atoms with E-state index < -0.39 is 18.7 Å². The molecule has 1 spiro atoms. The predicted octanol–water partition coefficient (Wildman–Crippen LogP) is 5.43. The lowest BCUT2D eigenvalue weighted by atomic mass is 9.75. The minimum absolute atomic E-state index is 0.0798. The molecule has 0 amide bonds. The first kappa shape index (κ1) is 29.2. The third-order valence-electron chi connectivity index (χ3n) is 8.78. The van der Waals surface area contributed by atoms with E-state index in [-0.39, 0.29) is 23.8 Å². The van der Waals surface area contributed by atoms with Crippen LogP contribution in [0.5, 0.6) is 5.75 Å². The average Bonchev–Trinajstić information content (AvgIpc) is 3.27. The molecule has 0 unspecified atom stereocenters. The molecule has 2 aliphatic heterocycles. The Morgan fingerprint density at radius 1 is 1.12 bits per heavy atom. The highest BCUT2D eigenvalue weighted by Crippen LogP contribution is 2.41. The Hall–Kier alpha value is -3.88. The number of carboxylic acid groups (broad SMARTS) is 1. The summed E-state index contributed by atoms with van der Waals surface area (Å²) in [6, 6.07) is 12.4. The van der Waals surface area contributed by atoms with Crippen LogP contribution >= 0.6 is 0 Å². The number of methoxy groups -OCH3 is 1. The number of benzene rings is 2. The molecule has 3 N–H and O–H groups in total. The molecule has 228 valence electrons. The number of anilines is 2. The van der Waals surface area contributed by atoms with Crippen molar-refractivity contribution >= 4 is 28.2 Å². The van der Waals surface area contributed by atoms with E-state index in [4.69, 9.17) is 9.47 Å². The number of rotatable bonds is 8. The second kappa shape index (κ2) is 11.7. The molecule has 2 saturated heterocycles. The number of carboxylic acids is 1. The van der Waals surface area contributed by atoms with Crippen LogP contribution < -0.4 is 15.4 Å². The van der Waals surface area contributed by atoms with Crippen molar-refractivity contribution in [3.63, 3.8) is 0 Å². The molecule has 6 rings (SSSR count). The summed E-state index contributed by atoms with van der Waals surface area (Å²) in [6.45, 7) is 3.01. The number of aromatic carboxylic acids is 1. The third kappa shape index (κ3) is 6.26. The standard InChI is InChI=1S/C32H35F3N4O4/c1-42-29-14-21(30(40)41)7-12-27(29)36-13-3-4-24-15-25-26(5-2-6-28(25)39(24)18-32(33,34)35)37-22-8-10-23(11-9-22)38-16-31(17-38)19-43-20-31/h2,5-7,12,14-15,22-23,36-37H,8-11,13,16-20H2,1H3,(H,40,41)/t22-,23-. The number of ether oxygens (including phenoxy) is 2. The normalized spacial score (nSPS) is 21.4. The number of hydrogen-bond acceptors (Lipinski definition) is 6. The Labute approximate surface area is 248 Å². The maximum Gasteiger partial charge on any atom is 0.406 e. The molecule has 8 nitrogen and oxygen atoms in total. The molecular formula is C32H35F3N4O4. The number of hydrogen-bond donors (Lipinski definition) is 3. The van der Waals surface area contributed by atoms with Crippen LogP contribution in [0, 0.1) is 17.3 Å². The van der Waals surface area contributed by atoms with Crippen molar-refractivity contribution in [1.82, 2.24) is 9.47 Å². The highest BCUT2D eigenvalue weighted by atomic mass is 19.4. The van der Waals surface area contributed by atoms with Gasteiger partial charge in [-0.15, -0.1) is 0 Å². The Balaban J connectivity index is 1.15. The highest BCUT2D eigenvalue weighted by molar-refractivity contribution is 5.94. The fourth-order valence-corrected chi connectivity index (χ4v) is 6.56. The summed E-state index contributed by atoms with van der Waals surface area (Å²) >= 11 is 0. The van der Waals surface area contributed by atoms with Gasteiger partial charge in [0.25, 0.3) is 0 Å². The average molecular weight is 597 g/mol. The maximum atomic E-state index is 13.6. The molecule has 2 aromatic carbocycles. The van der Waals surface area contributed by atoms with Crippen LogP contribution in [-0.4, -0.2) is 78.8 Å². The van der Waals surface area contributed by atoms with E-state index in [0.29, 0.717) is 33.8 Å². The lowest BCUT2D eigenvalue weighted by molar-refractivity contribution is -0.200. The molecule has 1 aliphatic carbocycles. The van der Waals surface area contributed by atoms with Crippen molar-refractivity contribution in [3.05, 3.63) is 53.7 Å². The van der Waals surface area contributed by atoms with Gasteiger partial charge < -0.3 is 29.8 Å². The van der Waals surface area contributed by atoms with Crippen molar-refractivity contribution < 1.29 is 32.5 Å². The van der Waals surface area contributed by atoms with Crippen molar-refractivity contribution in [3.8, 4) is 17.6 Å². The van der Waals surface area contributed by atoms with Crippen LogP contribution in [0.25, 0.3) is 10.9 Å². The molecule has 1 aromatic heterocycles. The summed E-state index contributed by atoms with van der Waals surface area (Å²) < 4.78 is 52.8. The lowest BCUT2D eigenvalue weighted by Crippen LogP contribution is -2.68. The van der Waals surface area contributed by atoms with E-state index in [0.717, 1.165) is 57.7 Å². The molecule has 3 aromatic rings. The van der Waals surface area contributed by atoms with Gasteiger partial charge in [0, 0.05) is 41.7 Å². The summed E-state index contributed by atoms with van der Waals surface area (Å²) in [4.78, 5) is 13.8. The molecule has 0 atom stereocenters. The number of nitrogens with zero attached hydrogens (tertiary/aromatic N) is 2. The molecular weight excluding hydrogens is 561 g/mol. The lowest BCUT2D eigenvalue weighted by Gasteiger charge is -2.58. The highest BCUT2D eigenvalue weighted by Gasteiger charge is 2.50. The van der Waals surface area contributed by atoms with Crippen LogP contribution in [-0.2, 0) is 11.3 Å². The summed E-state index contributed by atoms with van der Waals surface area (Å²) in [5, 5.41) is 16.6. The molecule has 1 saturated carbocycles. The van der Waals surface area contributed by atoms with E-state index >= 15 is 0 Å². The van der Waals surface area contributed by atoms with Crippen LogP contribution in [0.4, 0.5) is 24.5 Å². The zero-order valence-corrected chi connectivity index (χ0v) is 24.0. The first-order valence-corrected chi connectivity index (χ1v) is 14.5. The van der Waals surface area contributed by atoms with Gasteiger partial charge in [0.2, 0.25) is 0 Å². The van der Waals surface area contributed by atoms with E-state index in [1.54, 1.807) is 24.3 Å². The monoisotopic (exact) mass is 596 g/mol. The molecule has 0 bridgehead atoms. The summed E-state index contributed by atoms with van der Waals surface area (Å²) in [6.07, 6.45) is -0.178. The number of halogens is 3. The predicted molar refractivity (Wildman–Crippen MR) is 158 cm³/mol. The number of carbonyl (C=O) groups is 1. The van der Waals surface area contributed by atoms with Crippen molar-refractivity contribution in [1.29, 1.82) is 0 Å². The Bertz CT molecular complexity index is 1550. The number of alkyl halides is 3. The van der Waals surface area contributed by atoms with Gasteiger partial charge in [0.05, 0.1) is 49.3 Å². The van der Waals surface area contributed by atoms with Crippen LogP contribution in [0.3, 0.4) is 0 Å². The summed E-state index contributed by atoms with van der Waals surface area (Å²) in [5.74, 6) is 5.08. The third-order valence-corrected chi connectivity index (χ3v) is 8.78. The minimum atomic E-state index is -4.41. The SMILES string of the molecule is COc1cc(C(=O)O)ccc1NCC#Cc1cc2c(N[C@H]3CC[C@H](N4CC5(COC5)C4)CC3)cccc2n1CC(F)(F)F. The first-order valence-electron chi connectivity index (χ1n) is 14.5. The van der Waals surface area contributed by atoms with E-state index in [2.05, 4.69) is 27.4 Å². The van der Waals surface area contributed by atoms with E-state index in [1.165, 1.54) is 23.8 Å². The molecule has 11 heteroatoms. The second-order valence-corrected chi connectivity index (χ2v) is 11.9. The van der Waals surface area contributed by atoms with Gasteiger partial charge in [0.1, 0.15) is 12.3 Å². The Morgan fingerprint density at radius 3 is 2.53 bits per heavy atom. The van der Waals surface area contributed by atoms with Gasteiger partial charge >= 0.3 is 12.1 Å². The van der Waals surface area contributed by atoms with Gasteiger partial charge in [-0.3, -0.25) is 4.90 Å². The fraction of sp³-hybridized carbons (Fsp3) is 0.469. The van der Waals surface area contributed by atoms with Crippen molar-refractivity contribution in [2.75, 3.05) is 50.6 Å². The molecule has 3 aliphatic rings. The number of likely N-dealkylation sites (tertiary alicyclic amines) is 1. The van der Waals surface area contributed by atoms with E-state index in [9.17, 15) is 23.1 Å². The zero-order chi connectivity index (χ0) is 30.2. The number of nitrogens with one attached hydrogen (secondary N) is 2. The van der Waals surface area contributed by atoms with Crippen molar-refractivity contribution in [2.45, 2.75) is 50.5 Å². The first-order chi connectivity index (χ1) is 20.6. The van der Waals surface area contributed by atoms with Crippen molar-refractivity contribution in [2.24, 2.45) is 5.41 Å². The van der Waals surface area contributed by atoms with Gasteiger partial charge in [-0.25, -0.2) is 4.79 Å². The number of fused-ring (bicyclic) bond motifs is 1. The molecule has 3 fully saturated rings. The maximum absolute atomic E-state index is 13.6. The van der Waals surface area contributed by atoms with Gasteiger partial charge in [-0.05, 0) is 68.0 Å². The fourth-order valence-electron chi connectivity index (χ4n) is 6.56. The summed E-state index contributed by atoms with van der Waals surface area (Å²) in [7, 11) is 1.43. The Morgan fingerprint density at radius 2 is 1.88 bits per heavy atom. The largest absolute Gasteiger partial charge is 0.495 e. The van der Waals surface area contributed by atoms with Gasteiger partial charge in [0.15, 0.2) is 0 Å². The topological polar surface area (TPSA) is 88.0 Å². The van der Waals surface area contributed by atoms with Crippen LogP contribution in [0.15, 0.2) is 42.5 Å². The van der Waals surface area contributed by atoms with Crippen LogP contribution in [0.1, 0.15) is 41.7 Å². The number of aromatic nitrogens is 1. The summed E-state index contributed by atoms with van der Waals surface area (Å²) in [5.41, 5.74) is 2.59. The van der Waals surface area contributed by atoms with Gasteiger partial charge in [-0.1, -0.05) is 12.0 Å². The van der Waals surface area contributed by atoms with Gasteiger partial charge in [-0.2, -0.15) is 13.2 Å². The molecule has 43 heavy (non-hydrogen) atoms. The van der Waals surface area contributed by atoms with E-state index in [1.807, 2.05) is 6.07 Å². The molecule has 3 heterocycles. The quantitative estimate of drug-likeness (QED) is 0.299. The second-order valence-electron chi connectivity index (χ2n) is 11.9. The molecule has 0 radical (unpaired) electrons. The van der Waals surface area contributed by atoms with Crippen LogP contribution in [0.2, 0.25) is 0 Å². The zero-order valence-electron chi connectivity index (χ0n) is 24.0. The Kier molecular flexibility index (Phi) is 7.92. The smallest absolute Gasteiger partial charge is 0.406 e. The minimum Gasteiger partial charge on any atom is -0.495 e.